The molecule has 5 nitrogen and oxygen atoms in total. The van der Waals surface area contributed by atoms with Crippen molar-refractivity contribution in [1.29, 1.82) is 0 Å². The molecule has 70 valence electrons. The molecule has 0 bridgehead atoms. The van der Waals surface area contributed by atoms with Crippen LogP contribution in [0.3, 0.4) is 0 Å². The Morgan fingerprint density at radius 1 is 1.54 bits per heavy atom. The SMILES string of the molecule is CCOC1CC(=Nn2cnnc2)C1. The molecule has 0 unspecified atom stereocenters. The second kappa shape index (κ2) is 3.66. The third-order valence-corrected chi connectivity index (χ3v) is 1.99. The van der Waals surface area contributed by atoms with Gasteiger partial charge in [-0.1, -0.05) is 0 Å². The van der Waals surface area contributed by atoms with Gasteiger partial charge in [0.05, 0.1) is 6.10 Å². The van der Waals surface area contributed by atoms with E-state index in [0.29, 0.717) is 6.10 Å². The van der Waals surface area contributed by atoms with Crippen molar-refractivity contribution in [2.24, 2.45) is 5.10 Å². The van der Waals surface area contributed by atoms with E-state index in [0.717, 1.165) is 25.2 Å². The van der Waals surface area contributed by atoms with Gasteiger partial charge in [0.2, 0.25) is 0 Å². The predicted octanol–water partition coefficient (Wildman–Crippen LogP) is 0.681. The number of rotatable bonds is 3. The molecule has 1 aromatic heterocycles. The molecule has 0 amide bonds. The lowest BCUT2D eigenvalue weighted by Crippen LogP contribution is -2.32. The van der Waals surface area contributed by atoms with E-state index in [1.165, 1.54) is 0 Å². The van der Waals surface area contributed by atoms with Gasteiger partial charge in [-0.15, -0.1) is 10.2 Å². The van der Waals surface area contributed by atoms with Crippen LogP contribution in [0, 0.1) is 0 Å². The average Bonchev–Trinajstić information content (AvgIpc) is 2.53. The van der Waals surface area contributed by atoms with Crippen molar-refractivity contribution in [2.45, 2.75) is 25.9 Å². The van der Waals surface area contributed by atoms with E-state index in [4.69, 9.17) is 4.74 Å². The van der Waals surface area contributed by atoms with Crippen LogP contribution in [0.2, 0.25) is 0 Å². The second-order valence-electron chi connectivity index (χ2n) is 2.99. The van der Waals surface area contributed by atoms with Gasteiger partial charge in [0.1, 0.15) is 12.7 Å². The summed E-state index contributed by atoms with van der Waals surface area (Å²) < 4.78 is 7.03. The number of ether oxygens (including phenoxy) is 1. The number of aromatic nitrogens is 3. The van der Waals surface area contributed by atoms with Gasteiger partial charge in [-0.25, -0.2) is 4.68 Å². The summed E-state index contributed by atoms with van der Waals surface area (Å²) in [7, 11) is 0. The van der Waals surface area contributed by atoms with Crippen molar-refractivity contribution >= 4 is 5.71 Å². The second-order valence-corrected chi connectivity index (χ2v) is 2.99. The maximum Gasteiger partial charge on any atom is 0.141 e. The lowest BCUT2D eigenvalue weighted by atomic mass is 9.93. The Balaban J connectivity index is 1.86. The number of nitrogens with zero attached hydrogens (tertiary/aromatic N) is 4. The first-order valence-electron chi connectivity index (χ1n) is 4.41. The van der Waals surface area contributed by atoms with Gasteiger partial charge in [-0.2, -0.15) is 5.10 Å². The molecule has 0 aromatic carbocycles. The van der Waals surface area contributed by atoms with Crippen molar-refractivity contribution in [3.8, 4) is 0 Å². The molecule has 0 spiro atoms. The first kappa shape index (κ1) is 8.37. The zero-order chi connectivity index (χ0) is 9.10. The molecule has 1 heterocycles. The lowest BCUT2D eigenvalue weighted by molar-refractivity contribution is 0.0560. The van der Waals surface area contributed by atoms with Crippen LogP contribution < -0.4 is 0 Å². The largest absolute Gasteiger partial charge is 0.378 e. The van der Waals surface area contributed by atoms with E-state index in [9.17, 15) is 0 Å². The topological polar surface area (TPSA) is 52.3 Å². The minimum atomic E-state index is 0.375. The summed E-state index contributed by atoms with van der Waals surface area (Å²) in [5, 5.41) is 11.6. The summed E-state index contributed by atoms with van der Waals surface area (Å²) in [5.74, 6) is 0. The fraction of sp³-hybridized carbons (Fsp3) is 0.625. The van der Waals surface area contributed by atoms with Gasteiger partial charge in [0.25, 0.3) is 0 Å². The third-order valence-electron chi connectivity index (χ3n) is 1.99. The molecule has 13 heavy (non-hydrogen) atoms. The van der Waals surface area contributed by atoms with Crippen LogP contribution >= 0.6 is 0 Å². The van der Waals surface area contributed by atoms with E-state index in [-0.39, 0.29) is 0 Å². The van der Waals surface area contributed by atoms with E-state index in [1.54, 1.807) is 17.3 Å². The van der Waals surface area contributed by atoms with Crippen LogP contribution in [0.15, 0.2) is 17.8 Å². The third kappa shape index (κ3) is 1.92. The molecule has 1 saturated carbocycles. The molecular formula is C8H12N4O. The molecular weight excluding hydrogens is 168 g/mol. The molecule has 1 aliphatic carbocycles. The Hall–Kier alpha value is -1.23. The highest BCUT2D eigenvalue weighted by molar-refractivity contribution is 5.90. The standard InChI is InChI=1S/C8H12N4O/c1-2-13-8-3-7(4-8)11-12-5-9-10-6-12/h5-6,8H,2-4H2,1H3. The Kier molecular flexibility index (Phi) is 2.35. The maximum atomic E-state index is 5.41. The Bertz CT molecular complexity index is 285. The summed E-state index contributed by atoms with van der Waals surface area (Å²) in [6.45, 7) is 2.79. The quantitative estimate of drug-likeness (QED) is 0.687. The Morgan fingerprint density at radius 3 is 2.85 bits per heavy atom. The van der Waals surface area contributed by atoms with Crippen molar-refractivity contribution in [2.75, 3.05) is 6.61 Å². The predicted molar refractivity (Wildman–Crippen MR) is 47.5 cm³/mol. The van der Waals surface area contributed by atoms with Crippen LogP contribution in [0.5, 0.6) is 0 Å². The average molecular weight is 180 g/mol. The van der Waals surface area contributed by atoms with Gasteiger partial charge in [-0.3, -0.25) is 0 Å². The van der Waals surface area contributed by atoms with Gasteiger partial charge < -0.3 is 4.74 Å². The van der Waals surface area contributed by atoms with E-state index < -0.39 is 0 Å². The fourth-order valence-corrected chi connectivity index (χ4v) is 1.31. The lowest BCUT2D eigenvalue weighted by Gasteiger charge is -2.26. The molecule has 1 aliphatic rings. The zero-order valence-corrected chi connectivity index (χ0v) is 7.55. The summed E-state index contributed by atoms with van der Waals surface area (Å²) in [4.78, 5) is 0. The first-order valence-corrected chi connectivity index (χ1v) is 4.41. The van der Waals surface area contributed by atoms with Crippen molar-refractivity contribution in [3.05, 3.63) is 12.7 Å². The zero-order valence-electron chi connectivity index (χ0n) is 7.55. The summed E-state index contributed by atoms with van der Waals surface area (Å²) in [5.41, 5.74) is 1.15. The van der Waals surface area contributed by atoms with Crippen LogP contribution in [-0.4, -0.2) is 33.3 Å². The van der Waals surface area contributed by atoms with Gasteiger partial charge in [0.15, 0.2) is 0 Å². The first-order chi connectivity index (χ1) is 6.38. The summed E-state index contributed by atoms with van der Waals surface area (Å²) in [6, 6.07) is 0. The van der Waals surface area contributed by atoms with E-state index in [2.05, 4.69) is 15.3 Å². The van der Waals surface area contributed by atoms with E-state index >= 15 is 0 Å². The molecule has 0 atom stereocenters. The van der Waals surface area contributed by atoms with Crippen molar-refractivity contribution in [3.63, 3.8) is 0 Å². The van der Waals surface area contributed by atoms with E-state index in [1.807, 2.05) is 6.92 Å². The van der Waals surface area contributed by atoms with Crippen LogP contribution in [0.25, 0.3) is 0 Å². The van der Waals surface area contributed by atoms with Crippen molar-refractivity contribution in [1.82, 2.24) is 14.9 Å². The molecule has 0 radical (unpaired) electrons. The van der Waals surface area contributed by atoms with Crippen molar-refractivity contribution < 1.29 is 4.74 Å². The summed E-state index contributed by atoms with van der Waals surface area (Å²) >= 11 is 0. The fourth-order valence-electron chi connectivity index (χ4n) is 1.31. The smallest absolute Gasteiger partial charge is 0.141 e. The minimum absolute atomic E-state index is 0.375. The molecule has 1 aromatic rings. The number of hydrogen-bond acceptors (Lipinski definition) is 4. The monoisotopic (exact) mass is 180 g/mol. The maximum absolute atomic E-state index is 5.41. The highest BCUT2D eigenvalue weighted by Gasteiger charge is 2.25. The highest BCUT2D eigenvalue weighted by Crippen LogP contribution is 2.19. The van der Waals surface area contributed by atoms with Crippen LogP contribution in [0.4, 0.5) is 0 Å². The normalized spacial score (nSPS) is 21.3. The molecule has 2 rings (SSSR count). The van der Waals surface area contributed by atoms with Crippen LogP contribution in [0.1, 0.15) is 19.8 Å². The Morgan fingerprint density at radius 2 is 2.23 bits per heavy atom. The minimum Gasteiger partial charge on any atom is -0.378 e. The Labute approximate surface area is 76.4 Å². The number of hydrogen-bond donors (Lipinski definition) is 0. The van der Waals surface area contributed by atoms with Gasteiger partial charge >= 0.3 is 0 Å². The molecule has 0 N–H and O–H groups in total. The van der Waals surface area contributed by atoms with Gasteiger partial charge in [0, 0.05) is 25.2 Å². The molecule has 0 aliphatic heterocycles. The summed E-state index contributed by atoms with van der Waals surface area (Å²) in [6.07, 6.45) is 5.42. The molecule has 1 fully saturated rings. The van der Waals surface area contributed by atoms with Crippen LogP contribution in [-0.2, 0) is 4.74 Å². The highest BCUT2D eigenvalue weighted by atomic mass is 16.5. The molecule has 5 heteroatoms. The van der Waals surface area contributed by atoms with Gasteiger partial charge in [-0.05, 0) is 6.92 Å². The molecule has 0 saturated heterocycles.